The molecule has 8 amide bonds. The van der Waals surface area contributed by atoms with E-state index in [2.05, 4.69) is 42.2 Å². The summed E-state index contributed by atoms with van der Waals surface area (Å²) < 4.78 is 213. The molecular weight excluding hydrogens is 1810 g/mol. The number of anilines is 4. The van der Waals surface area contributed by atoms with Crippen molar-refractivity contribution in [1.29, 1.82) is 0 Å². The summed E-state index contributed by atoms with van der Waals surface area (Å²) in [5.41, 5.74) is -22.7. The Morgan fingerprint density at radius 1 is 0.286 bits per heavy atom. The molecule has 36 heteroatoms. The second-order valence-corrected chi connectivity index (χ2v) is 29.9. The largest absolute Gasteiger partial charge is 0.421 e. The number of alkyl halides is 12. The van der Waals surface area contributed by atoms with Gasteiger partial charge in [-0.1, -0.05) is 150 Å². The van der Waals surface area contributed by atoms with Crippen LogP contribution in [0.25, 0.3) is 43.1 Å². The number of hydrogen-bond acceptors (Lipinski definition) is 16. The zero-order chi connectivity index (χ0) is 91.0. The van der Waals surface area contributed by atoms with E-state index in [4.69, 9.17) is 53.8 Å². The van der Waals surface area contributed by atoms with Crippen LogP contribution in [-0.4, -0.2) is 95.8 Å². The van der Waals surface area contributed by atoms with Gasteiger partial charge in [0, 0.05) is 126 Å². The molecule has 0 bridgehead atoms. The van der Waals surface area contributed by atoms with Gasteiger partial charge in [-0.25, -0.2) is 38.8 Å². The van der Waals surface area contributed by atoms with Crippen LogP contribution in [0.4, 0.5) is 75.4 Å². The molecule has 20 nitrogen and oxygen atoms in total. The molecule has 126 heavy (non-hydrogen) atoms. The third-order valence-corrected chi connectivity index (χ3v) is 22.8. The second kappa shape index (κ2) is 31.4. The number of nitrogens with zero attached hydrogens (tertiary/aromatic N) is 4. The molecule has 12 aromatic carbocycles. The van der Waals surface area contributed by atoms with E-state index in [-0.39, 0.29) is 141 Å². The highest BCUT2D eigenvalue weighted by atomic mass is 79.9. The fourth-order valence-electron chi connectivity index (χ4n) is 15.7. The molecule has 0 spiro atoms. The van der Waals surface area contributed by atoms with Crippen LogP contribution in [0.3, 0.4) is 0 Å². The van der Waals surface area contributed by atoms with Crippen LogP contribution in [0.1, 0.15) is 105 Å². The lowest BCUT2D eigenvalue weighted by atomic mass is 9.72. The van der Waals surface area contributed by atoms with Gasteiger partial charge < -0.3 is 18.9 Å². The minimum absolute atomic E-state index is 0.0468. The van der Waals surface area contributed by atoms with E-state index < -0.39 is 175 Å². The lowest BCUT2D eigenvalue weighted by Gasteiger charge is -2.39. The molecule has 16 rings (SSSR count). The van der Waals surface area contributed by atoms with E-state index in [1.165, 1.54) is 115 Å². The highest BCUT2D eigenvalue weighted by Crippen LogP contribution is 2.61. The van der Waals surface area contributed by atoms with E-state index in [9.17, 15) is 57.5 Å². The molecule has 632 valence electrons. The predicted molar refractivity (Wildman–Crippen MR) is 438 cm³/mol. The lowest BCUT2D eigenvalue weighted by molar-refractivity contribution is -0.290. The van der Waals surface area contributed by atoms with Crippen molar-refractivity contribution in [1.82, 2.24) is 0 Å². The quantitative estimate of drug-likeness (QED) is 0.0286. The van der Waals surface area contributed by atoms with Gasteiger partial charge in [0.25, 0.3) is 47.3 Å². The normalized spacial score (nSPS) is 14.0. The van der Waals surface area contributed by atoms with Gasteiger partial charge in [0.15, 0.2) is 23.0 Å². The number of halogens is 16. The Labute approximate surface area is 721 Å². The van der Waals surface area contributed by atoms with Gasteiger partial charge in [0.2, 0.25) is 10.8 Å². The molecule has 0 saturated carbocycles. The van der Waals surface area contributed by atoms with Gasteiger partial charge in [-0.2, -0.15) is 52.7 Å². The molecule has 4 aliphatic rings. The van der Waals surface area contributed by atoms with Gasteiger partial charge in [0.05, 0.1) is 22.7 Å². The van der Waals surface area contributed by atoms with E-state index >= 15 is 52.7 Å². The number of esters is 4. The highest BCUT2D eigenvalue weighted by Gasteiger charge is 2.74. The third-order valence-electron chi connectivity index (χ3n) is 21.2. The number of amides is 8. The Hall–Kier alpha value is -14.4. The summed E-state index contributed by atoms with van der Waals surface area (Å²) >= 11 is 22.3. The van der Waals surface area contributed by atoms with E-state index in [1.54, 1.807) is 6.07 Å². The summed E-state index contributed by atoms with van der Waals surface area (Å²) in [5, 5.41) is 1.75. The summed E-state index contributed by atoms with van der Waals surface area (Å²) in [6, 6.07) is 31.1. The molecule has 4 heterocycles. The molecule has 4 aliphatic heterocycles. The van der Waals surface area contributed by atoms with Gasteiger partial charge in [-0.15, -0.1) is 0 Å². The van der Waals surface area contributed by atoms with Crippen molar-refractivity contribution in [2.75, 3.05) is 19.6 Å². The molecular formula is C90H44BrCl3F12N4O16. The Kier molecular flexibility index (Phi) is 21.6. The minimum Gasteiger partial charge on any atom is -0.421 e. The highest BCUT2D eigenvalue weighted by molar-refractivity contribution is 9.10. The number of rotatable bonds is 16. The van der Waals surface area contributed by atoms with Gasteiger partial charge >= 0.3 is 48.6 Å². The first kappa shape index (κ1) is 86.5. The maximum absolute atomic E-state index is 16.0. The first-order valence-electron chi connectivity index (χ1n) is 36.1. The number of imide groups is 4. The van der Waals surface area contributed by atoms with Crippen molar-refractivity contribution in [3.05, 3.63) is 331 Å². The molecule has 0 fully saturated rings. The molecule has 0 atom stereocenters. The summed E-state index contributed by atoms with van der Waals surface area (Å²) in [6.07, 6.45) is -23.0. The third kappa shape index (κ3) is 13.5. The Balaban J connectivity index is 0.000000194. The zero-order valence-electron chi connectivity index (χ0n) is 63.0. The second-order valence-electron chi connectivity index (χ2n) is 27.8. The van der Waals surface area contributed by atoms with E-state index in [0.29, 0.717) is 82.7 Å². The monoisotopic (exact) mass is 1850 g/mol. The van der Waals surface area contributed by atoms with Crippen LogP contribution in [0.5, 0.6) is 23.0 Å². The Bertz CT molecular complexity index is 6130. The standard InChI is InChI=1S/C45H22BrClF6N2O8.C45H22Cl2F6N2O8/c2*1-3-35(56)62-33-17-11-21(19-31(33)54-39(58)25-9-5-7-23-29(46)15-13-27(37(23)25)41(54)60)43(44(48,49)50,45(51,52)53)22-12-18-34(63-36(57)4-2)32(20-22)55-40(59)26-10-6-8-24-30(47)16-14-28(38(24)26)42(55)61/h2*3-20H,1-2H2. The van der Waals surface area contributed by atoms with Crippen molar-refractivity contribution in [2.24, 2.45) is 0 Å². The topological polar surface area (TPSA) is 255 Å². The molecule has 0 aromatic heterocycles. The van der Waals surface area contributed by atoms with Crippen LogP contribution >= 0.6 is 50.7 Å². The number of carbonyl (C=O) groups excluding carboxylic acids is 12. The molecule has 0 N–H and O–H groups in total. The van der Waals surface area contributed by atoms with Crippen molar-refractivity contribution < 1.29 is 129 Å². The fourth-order valence-corrected chi connectivity index (χ4v) is 16.9. The minimum atomic E-state index is -6.38. The number of carbonyl (C=O) groups is 12. The first-order valence-corrected chi connectivity index (χ1v) is 38.1. The SMILES string of the molecule is C=CC(=O)Oc1ccc(C(c2ccc(OC(=O)C=C)c(N3C(=O)c4cccc5c(Br)ccc(c45)C3=O)c2)(C(F)(F)F)C(F)(F)F)cc1N1C(=O)c2cccc3c(Cl)ccc(c23)C1=O.C=CC(=O)Oc1ccc(C(c2ccc(OC(=O)C=C)c(N3C(=O)c4cccc5c(Cl)ccc(c45)C3=O)c2)(C(F)(F)F)C(F)(F)F)cc1N1C(=O)c2cccc3c(Cl)ccc(c23)C1=O. The summed E-state index contributed by atoms with van der Waals surface area (Å²) in [7, 11) is 0. The van der Waals surface area contributed by atoms with Crippen LogP contribution < -0.4 is 38.5 Å². The molecule has 12 aromatic rings. The van der Waals surface area contributed by atoms with E-state index in [1.807, 2.05) is 0 Å². The first-order chi connectivity index (χ1) is 59.5. The number of ether oxygens (including phenoxy) is 4. The molecule has 0 unspecified atom stereocenters. The summed E-state index contributed by atoms with van der Waals surface area (Å²) in [4.78, 5) is 165. The average molecular weight is 1850 g/mol. The van der Waals surface area contributed by atoms with Crippen molar-refractivity contribution in [2.45, 2.75) is 35.5 Å². The van der Waals surface area contributed by atoms with Gasteiger partial charge in [-0.3, -0.25) is 38.4 Å². The molecule has 0 saturated heterocycles. The predicted octanol–water partition coefficient (Wildman–Crippen LogP) is 21.1. The van der Waals surface area contributed by atoms with Crippen molar-refractivity contribution in [3.63, 3.8) is 0 Å². The Morgan fingerprint density at radius 3 is 0.698 bits per heavy atom. The van der Waals surface area contributed by atoms with Crippen LogP contribution in [-0.2, 0) is 30.0 Å². The molecule has 0 aliphatic carbocycles. The summed E-state index contributed by atoms with van der Waals surface area (Å²) in [5.74, 6) is -18.1. The fraction of sp³-hybridized carbons (Fsp3) is 0.0667. The molecule has 0 radical (unpaired) electrons. The lowest BCUT2D eigenvalue weighted by Crippen LogP contribution is -2.55. The number of hydrogen-bond donors (Lipinski definition) is 0. The Morgan fingerprint density at radius 2 is 0.484 bits per heavy atom. The zero-order valence-corrected chi connectivity index (χ0v) is 66.8. The van der Waals surface area contributed by atoms with Crippen molar-refractivity contribution >= 4 is 188 Å². The van der Waals surface area contributed by atoms with Crippen LogP contribution in [0, 0.1) is 0 Å². The van der Waals surface area contributed by atoms with Crippen LogP contribution in [0.2, 0.25) is 15.1 Å². The maximum Gasteiger partial charge on any atom is 0.411 e. The van der Waals surface area contributed by atoms with Gasteiger partial charge in [-0.05, 0) is 149 Å². The van der Waals surface area contributed by atoms with E-state index in [0.717, 1.165) is 0 Å². The smallest absolute Gasteiger partial charge is 0.411 e. The number of benzene rings is 12. The summed E-state index contributed by atoms with van der Waals surface area (Å²) in [6.45, 7) is 13.0. The van der Waals surface area contributed by atoms with Crippen LogP contribution in [0.15, 0.2) is 249 Å². The maximum atomic E-state index is 16.0. The average Bonchev–Trinajstić information content (AvgIpc) is 0.703. The van der Waals surface area contributed by atoms with Crippen molar-refractivity contribution in [3.8, 4) is 23.0 Å². The van der Waals surface area contributed by atoms with Gasteiger partial charge in [0.1, 0.15) is 0 Å².